The van der Waals surface area contributed by atoms with Gasteiger partial charge in [-0.1, -0.05) is 90.9 Å². The molecule has 0 saturated heterocycles. The summed E-state index contributed by atoms with van der Waals surface area (Å²) in [5.41, 5.74) is 8.01. The fourth-order valence-electron chi connectivity index (χ4n) is 5.18. The van der Waals surface area contributed by atoms with E-state index in [0.717, 1.165) is 11.1 Å². The Bertz CT molecular complexity index is 1640. The maximum atomic E-state index is 10.9. The molecule has 217 valence electrons. The molecule has 0 fully saturated rings. The van der Waals surface area contributed by atoms with Crippen LogP contribution in [0.3, 0.4) is 0 Å². The molecule has 5 aromatic rings. The molecule has 0 amide bonds. The van der Waals surface area contributed by atoms with Gasteiger partial charge in [-0.3, -0.25) is 0 Å². The number of hydrogen-bond acceptors (Lipinski definition) is 2. The van der Waals surface area contributed by atoms with Gasteiger partial charge < -0.3 is 24.3 Å². The summed E-state index contributed by atoms with van der Waals surface area (Å²) in [6.07, 6.45) is 6.98. The average molecular weight is 730 g/mol. The van der Waals surface area contributed by atoms with Gasteiger partial charge in [-0.25, -0.2) is 0 Å². The Morgan fingerprint density at radius 1 is 0.829 bits per heavy atom. The summed E-state index contributed by atoms with van der Waals surface area (Å²) in [6, 6.07) is 21.8. The van der Waals surface area contributed by atoms with Gasteiger partial charge in [0.1, 0.15) is 17.2 Å². The summed E-state index contributed by atoms with van der Waals surface area (Å²) in [4.78, 5) is 4.84. The number of nitrogens with zero attached hydrogens (tertiary/aromatic N) is 3. The molecular formula is C35H38AuN3O2-. The van der Waals surface area contributed by atoms with Gasteiger partial charge in [-0.05, 0) is 81.2 Å². The smallest absolute Gasteiger partial charge is 0.129 e. The van der Waals surface area contributed by atoms with E-state index >= 15 is 0 Å². The number of phenols is 2. The van der Waals surface area contributed by atoms with Crippen molar-refractivity contribution in [2.45, 2.75) is 65.7 Å². The zero-order valence-electron chi connectivity index (χ0n) is 24.7. The number of benzene rings is 3. The Balaban J connectivity index is 0.00000387. The minimum absolute atomic E-state index is 0. The SMILES string of the molecule is CC(C)c1cccc(C(C)C)c1-c1ccc(O)c(-c2ccc(-n3[c-][n+](-c4cc(C(C)(C)C)ccc4O)cc3)[n-]2)c1.[Au]. The van der Waals surface area contributed by atoms with Crippen molar-refractivity contribution in [2.75, 3.05) is 0 Å². The predicted molar refractivity (Wildman–Crippen MR) is 161 cm³/mol. The fraction of sp³-hybridized carbons (Fsp3) is 0.286. The maximum absolute atomic E-state index is 10.9. The summed E-state index contributed by atoms with van der Waals surface area (Å²) >= 11 is 0. The van der Waals surface area contributed by atoms with E-state index in [0.29, 0.717) is 34.6 Å². The van der Waals surface area contributed by atoms with Crippen LogP contribution in [0.1, 0.15) is 77.0 Å². The first-order valence-electron chi connectivity index (χ1n) is 13.9. The van der Waals surface area contributed by atoms with Crippen LogP contribution in [0.2, 0.25) is 0 Å². The molecular weight excluding hydrogens is 691 g/mol. The van der Waals surface area contributed by atoms with E-state index in [2.05, 4.69) is 73.0 Å². The van der Waals surface area contributed by atoms with Crippen molar-refractivity contribution in [2.24, 2.45) is 0 Å². The standard InChI is InChI=1S/C35H38N3O2.Au/c1-22(2)26-9-8-10-27(23(3)4)34(26)24-11-14-31(39)28(19-24)29-13-16-33(36-29)38-18-17-37(21-38)30-20-25(35(5,6)7)12-15-32(30)40;/h8-20,22-23,39-40H,1-7H3;/q-1;. The van der Waals surface area contributed by atoms with Gasteiger partial charge in [0.05, 0.1) is 0 Å². The minimum atomic E-state index is -0.0458. The van der Waals surface area contributed by atoms with Crippen molar-refractivity contribution in [1.29, 1.82) is 0 Å². The molecule has 0 bridgehead atoms. The van der Waals surface area contributed by atoms with Crippen LogP contribution < -0.4 is 9.55 Å². The molecule has 0 atom stereocenters. The van der Waals surface area contributed by atoms with Gasteiger partial charge in [0.15, 0.2) is 0 Å². The van der Waals surface area contributed by atoms with Crippen LogP contribution in [0.25, 0.3) is 33.9 Å². The first kappa shape index (κ1) is 30.4. The molecule has 41 heavy (non-hydrogen) atoms. The van der Waals surface area contributed by atoms with Gasteiger partial charge >= 0.3 is 0 Å². The third-order valence-electron chi connectivity index (χ3n) is 7.49. The number of phenolic OH excluding ortho intramolecular Hbond substituents is 2. The molecule has 2 heterocycles. The van der Waals surface area contributed by atoms with Crippen molar-refractivity contribution in [3.63, 3.8) is 0 Å². The number of hydrogen-bond donors (Lipinski definition) is 2. The van der Waals surface area contributed by atoms with Crippen LogP contribution >= 0.6 is 0 Å². The number of aromatic nitrogens is 3. The second-order valence-electron chi connectivity index (χ2n) is 12.1. The molecule has 0 saturated carbocycles. The zero-order valence-corrected chi connectivity index (χ0v) is 26.9. The number of imidazole rings is 1. The van der Waals surface area contributed by atoms with Crippen LogP contribution in [-0.2, 0) is 27.8 Å². The number of rotatable bonds is 6. The van der Waals surface area contributed by atoms with Crippen LogP contribution in [0.5, 0.6) is 11.5 Å². The van der Waals surface area contributed by atoms with Crippen molar-refractivity contribution >= 4 is 0 Å². The number of aromatic hydroxyl groups is 2. The Morgan fingerprint density at radius 2 is 1.49 bits per heavy atom. The van der Waals surface area contributed by atoms with Crippen molar-refractivity contribution in [1.82, 2.24) is 9.55 Å². The summed E-state index contributed by atoms with van der Waals surface area (Å²) < 4.78 is 3.56. The maximum Gasteiger partial charge on any atom is 0.129 e. The van der Waals surface area contributed by atoms with Crippen LogP contribution in [0.4, 0.5) is 0 Å². The summed E-state index contributed by atoms with van der Waals surface area (Å²) in [5.74, 6) is 1.79. The first-order chi connectivity index (χ1) is 18.9. The second kappa shape index (κ2) is 11.8. The molecule has 2 aromatic heterocycles. The topological polar surface area (TPSA) is 63.4 Å². The molecule has 0 spiro atoms. The minimum Gasteiger partial charge on any atom is -0.511 e. The Kier molecular flexibility index (Phi) is 8.74. The molecule has 1 radical (unpaired) electrons. The third-order valence-corrected chi connectivity index (χ3v) is 7.49. The van der Waals surface area contributed by atoms with Gasteiger partial charge in [-0.2, -0.15) is 0 Å². The van der Waals surface area contributed by atoms with E-state index in [9.17, 15) is 10.2 Å². The van der Waals surface area contributed by atoms with Gasteiger partial charge in [-0.15, -0.1) is 12.0 Å². The summed E-state index contributed by atoms with van der Waals surface area (Å²) in [6.45, 7) is 15.3. The van der Waals surface area contributed by atoms with Crippen molar-refractivity contribution < 1.29 is 37.2 Å². The Labute approximate surface area is 259 Å². The van der Waals surface area contributed by atoms with E-state index < -0.39 is 0 Å². The molecule has 0 aliphatic heterocycles. The molecule has 2 N–H and O–H groups in total. The van der Waals surface area contributed by atoms with E-state index in [1.165, 1.54) is 16.7 Å². The van der Waals surface area contributed by atoms with Crippen LogP contribution in [-0.4, -0.2) is 14.8 Å². The van der Waals surface area contributed by atoms with E-state index in [-0.39, 0.29) is 39.3 Å². The second-order valence-corrected chi connectivity index (χ2v) is 12.1. The van der Waals surface area contributed by atoms with Crippen LogP contribution in [0, 0.1) is 6.33 Å². The average Bonchev–Trinajstić information content (AvgIpc) is 3.58. The molecule has 5 nitrogen and oxygen atoms in total. The normalized spacial score (nSPS) is 11.7. The predicted octanol–water partition coefficient (Wildman–Crippen LogP) is 7.80. The molecule has 3 aromatic carbocycles. The largest absolute Gasteiger partial charge is 0.511 e. The quantitative estimate of drug-likeness (QED) is 0.107. The summed E-state index contributed by atoms with van der Waals surface area (Å²) in [5, 5.41) is 21.4. The van der Waals surface area contributed by atoms with E-state index in [1.54, 1.807) is 21.3 Å². The summed E-state index contributed by atoms with van der Waals surface area (Å²) in [7, 11) is 0. The van der Waals surface area contributed by atoms with E-state index in [1.807, 2.05) is 48.8 Å². The molecule has 0 aliphatic carbocycles. The van der Waals surface area contributed by atoms with Crippen molar-refractivity contribution in [3.05, 3.63) is 102 Å². The van der Waals surface area contributed by atoms with E-state index in [4.69, 9.17) is 4.98 Å². The van der Waals surface area contributed by atoms with Crippen LogP contribution in [0.15, 0.2) is 79.1 Å². The third kappa shape index (κ3) is 6.08. The fourth-order valence-corrected chi connectivity index (χ4v) is 5.18. The zero-order chi connectivity index (χ0) is 28.8. The van der Waals surface area contributed by atoms with Gasteiger partial charge in [0, 0.05) is 34.3 Å². The van der Waals surface area contributed by atoms with Crippen molar-refractivity contribution in [3.8, 4) is 45.4 Å². The molecule has 6 heteroatoms. The first-order valence-corrected chi connectivity index (χ1v) is 13.9. The molecule has 5 rings (SSSR count). The Morgan fingerprint density at radius 3 is 2.12 bits per heavy atom. The molecule has 0 aliphatic rings. The monoisotopic (exact) mass is 729 g/mol. The van der Waals surface area contributed by atoms with Gasteiger partial charge in [0.25, 0.3) is 0 Å². The Hall–Kier alpha value is -3.51. The molecule has 0 unspecified atom stereocenters. The van der Waals surface area contributed by atoms with Gasteiger partial charge in [0.2, 0.25) is 0 Å².